The molecule has 0 spiro atoms. The Morgan fingerprint density at radius 3 is 2.91 bits per heavy atom. The van der Waals surface area contributed by atoms with Gasteiger partial charge in [-0.15, -0.1) is 0 Å². The van der Waals surface area contributed by atoms with Gasteiger partial charge in [-0.2, -0.15) is 0 Å². The highest BCUT2D eigenvalue weighted by Crippen LogP contribution is 2.28. The quantitative estimate of drug-likeness (QED) is 0.533. The molecule has 1 atom stereocenters. The van der Waals surface area contributed by atoms with Crippen LogP contribution in [0.25, 0.3) is 0 Å². The summed E-state index contributed by atoms with van der Waals surface area (Å²) in [5.41, 5.74) is 2.86. The molecule has 1 heterocycles. The number of nitrogens with zero attached hydrogens (tertiary/aromatic N) is 1. The first-order chi connectivity index (χ1) is 5.38. The molecule has 1 nitrogen and oxygen atoms in total. The van der Waals surface area contributed by atoms with E-state index in [4.69, 9.17) is 0 Å². The Bertz CT molecular complexity index is 259. The zero-order valence-electron chi connectivity index (χ0n) is 6.46. The molecule has 58 valence electrons. The Kier molecular flexibility index (Phi) is 1.83. The lowest BCUT2D eigenvalue weighted by Crippen LogP contribution is -2.18. The number of benzene rings is 1. The molecule has 0 bridgehead atoms. The van der Waals surface area contributed by atoms with Crippen molar-refractivity contribution in [2.24, 2.45) is 0 Å². The van der Waals surface area contributed by atoms with Crippen molar-refractivity contribution in [3.05, 3.63) is 29.8 Å². The Balaban J connectivity index is 2.44. The van der Waals surface area contributed by atoms with Crippen molar-refractivity contribution >= 4 is 15.1 Å². The van der Waals surface area contributed by atoms with E-state index in [0.29, 0.717) is 0 Å². The molecule has 1 aromatic rings. The van der Waals surface area contributed by atoms with E-state index in [-0.39, 0.29) is 0 Å². The Hall–Kier alpha value is -0.550. The summed E-state index contributed by atoms with van der Waals surface area (Å²) in [6, 6.07) is 8.61. The molecule has 0 saturated heterocycles. The minimum absolute atomic E-state index is 1.17. The first kappa shape index (κ1) is 7.12. The third-order valence-corrected chi connectivity index (χ3v) is 2.68. The molecule has 1 unspecified atom stereocenters. The summed E-state index contributed by atoms with van der Waals surface area (Å²) in [4.78, 5) is 0. The summed E-state index contributed by atoms with van der Waals surface area (Å²) in [6.07, 6.45) is 2.52. The SMILES string of the molecule is PN1CCCc2ccccc21. The number of rotatable bonds is 0. The highest BCUT2D eigenvalue weighted by atomic mass is 31.0. The van der Waals surface area contributed by atoms with E-state index in [9.17, 15) is 0 Å². The number of anilines is 1. The van der Waals surface area contributed by atoms with Gasteiger partial charge < -0.3 is 4.67 Å². The maximum atomic E-state index is 2.77. The predicted molar refractivity (Wildman–Crippen MR) is 51.8 cm³/mol. The lowest BCUT2D eigenvalue weighted by Gasteiger charge is -2.26. The van der Waals surface area contributed by atoms with Crippen LogP contribution in [0.3, 0.4) is 0 Å². The van der Waals surface area contributed by atoms with E-state index in [2.05, 4.69) is 38.3 Å². The summed E-state index contributed by atoms with van der Waals surface area (Å²) in [7, 11) is 2.77. The van der Waals surface area contributed by atoms with Gasteiger partial charge >= 0.3 is 0 Å². The Labute approximate surface area is 69.7 Å². The van der Waals surface area contributed by atoms with Gasteiger partial charge in [-0.25, -0.2) is 0 Å². The number of para-hydroxylation sites is 1. The van der Waals surface area contributed by atoms with Crippen LogP contribution in [0.2, 0.25) is 0 Å². The number of fused-ring (bicyclic) bond motifs is 1. The van der Waals surface area contributed by atoms with Gasteiger partial charge in [0.25, 0.3) is 0 Å². The maximum absolute atomic E-state index is 2.77. The molecular weight excluding hydrogens is 153 g/mol. The second-order valence-corrected chi connectivity index (χ2v) is 3.55. The largest absolute Gasteiger partial charge is 0.356 e. The molecular formula is C9H12NP. The fourth-order valence-electron chi connectivity index (χ4n) is 1.56. The van der Waals surface area contributed by atoms with Crippen LogP contribution >= 0.6 is 9.39 Å². The molecule has 0 N–H and O–H groups in total. The molecule has 0 radical (unpaired) electrons. The van der Waals surface area contributed by atoms with Crippen LogP contribution in [0.15, 0.2) is 24.3 Å². The number of hydrogen-bond acceptors (Lipinski definition) is 1. The van der Waals surface area contributed by atoms with Gasteiger partial charge in [0, 0.05) is 12.2 Å². The summed E-state index contributed by atoms with van der Waals surface area (Å²) in [6.45, 7) is 1.17. The van der Waals surface area contributed by atoms with Crippen molar-refractivity contribution in [2.45, 2.75) is 12.8 Å². The van der Waals surface area contributed by atoms with Gasteiger partial charge in [0.05, 0.1) is 0 Å². The molecule has 0 aliphatic carbocycles. The Morgan fingerprint density at radius 1 is 1.27 bits per heavy atom. The number of hydrogen-bond donors (Lipinski definition) is 0. The van der Waals surface area contributed by atoms with E-state index < -0.39 is 0 Å². The smallest absolute Gasteiger partial charge is 0.0427 e. The maximum Gasteiger partial charge on any atom is 0.0427 e. The van der Waals surface area contributed by atoms with Crippen LogP contribution in [0.1, 0.15) is 12.0 Å². The topological polar surface area (TPSA) is 3.24 Å². The predicted octanol–water partition coefficient (Wildman–Crippen LogP) is 2.23. The second kappa shape index (κ2) is 2.83. The summed E-state index contributed by atoms with van der Waals surface area (Å²) < 4.78 is 2.25. The fraction of sp³-hybridized carbons (Fsp3) is 0.333. The third kappa shape index (κ3) is 1.25. The first-order valence-corrected chi connectivity index (χ1v) is 4.50. The van der Waals surface area contributed by atoms with Gasteiger partial charge in [-0.3, -0.25) is 0 Å². The standard InChI is InChI=1S/C9H12NP/c11-10-7-3-5-8-4-1-2-6-9(8)10/h1-2,4,6H,3,5,7,11H2. The van der Waals surface area contributed by atoms with Crippen LogP contribution in [0.4, 0.5) is 5.69 Å². The molecule has 0 aromatic heterocycles. The summed E-state index contributed by atoms with van der Waals surface area (Å²) in [5.74, 6) is 0. The molecule has 0 saturated carbocycles. The van der Waals surface area contributed by atoms with E-state index in [1.807, 2.05) is 0 Å². The van der Waals surface area contributed by atoms with Crippen molar-refractivity contribution in [3.8, 4) is 0 Å². The van der Waals surface area contributed by atoms with E-state index in [1.54, 1.807) is 0 Å². The zero-order chi connectivity index (χ0) is 7.68. The van der Waals surface area contributed by atoms with Crippen molar-refractivity contribution in [2.75, 3.05) is 11.2 Å². The molecule has 0 fully saturated rings. The van der Waals surface area contributed by atoms with E-state index in [0.717, 1.165) is 0 Å². The minimum Gasteiger partial charge on any atom is -0.356 e. The van der Waals surface area contributed by atoms with Crippen molar-refractivity contribution in [1.82, 2.24) is 0 Å². The van der Waals surface area contributed by atoms with Crippen LogP contribution < -0.4 is 4.67 Å². The van der Waals surface area contributed by atoms with Gasteiger partial charge in [-0.05, 0) is 33.9 Å². The van der Waals surface area contributed by atoms with Gasteiger partial charge in [0.15, 0.2) is 0 Å². The first-order valence-electron chi connectivity index (χ1n) is 3.98. The monoisotopic (exact) mass is 165 g/mol. The molecule has 2 heteroatoms. The van der Waals surface area contributed by atoms with Crippen molar-refractivity contribution in [3.63, 3.8) is 0 Å². The van der Waals surface area contributed by atoms with Gasteiger partial charge in [-0.1, -0.05) is 18.2 Å². The van der Waals surface area contributed by atoms with Crippen LogP contribution in [0, 0.1) is 0 Å². The molecule has 1 aliphatic rings. The zero-order valence-corrected chi connectivity index (χ0v) is 7.61. The van der Waals surface area contributed by atoms with E-state index in [1.165, 1.54) is 30.6 Å². The molecule has 11 heavy (non-hydrogen) atoms. The van der Waals surface area contributed by atoms with E-state index >= 15 is 0 Å². The summed E-state index contributed by atoms with van der Waals surface area (Å²) in [5, 5.41) is 0. The Morgan fingerprint density at radius 2 is 2.09 bits per heavy atom. The normalized spacial score (nSPS) is 16.3. The lowest BCUT2D eigenvalue weighted by molar-refractivity contribution is 0.795. The highest BCUT2D eigenvalue weighted by molar-refractivity contribution is 7.19. The summed E-state index contributed by atoms with van der Waals surface area (Å²) >= 11 is 0. The molecule has 1 aromatic carbocycles. The van der Waals surface area contributed by atoms with Crippen LogP contribution in [0.5, 0.6) is 0 Å². The highest BCUT2D eigenvalue weighted by Gasteiger charge is 2.11. The van der Waals surface area contributed by atoms with Gasteiger partial charge in [0.1, 0.15) is 0 Å². The third-order valence-electron chi connectivity index (χ3n) is 2.15. The second-order valence-electron chi connectivity index (χ2n) is 2.93. The average Bonchev–Trinajstić information content (AvgIpc) is 2.06. The average molecular weight is 165 g/mol. The molecule has 0 amide bonds. The van der Waals surface area contributed by atoms with Crippen molar-refractivity contribution < 1.29 is 0 Å². The van der Waals surface area contributed by atoms with Gasteiger partial charge in [0.2, 0.25) is 0 Å². The van der Waals surface area contributed by atoms with Crippen molar-refractivity contribution in [1.29, 1.82) is 0 Å². The minimum atomic E-state index is 1.17. The molecule has 1 aliphatic heterocycles. The lowest BCUT2D eigenvalue weighted by atomic mass is 10.0. The fourth-order valence-corrected chi connectivity index (χ4v) is 2.00. The van der Waals surface area contributed by atoms with Crippen LogP contribution in [-0.4, -0.2) is 6.54 Å². The molecule has 2 rings (SSSR count). The number of aryl methyl sites for hydroxylation is 1. The van der Waals surface area contributed by atoms with Crippen LogP contribution in [-0.2, 0) is 6.42 Å².